The van der Waals surface area contributed by atoms with E-state index in [-0.39, 0.29) is 5.94 Å². The first-order valence-electron chi connectivity index (χ1n) is 3.33. The van der Waals surface area contributed by atoms with Crippen LogP contribution in [0.25, 0.3) is 0 Å². The molecular formula is C5H13O4PS. The molecule has 0 aliphatic carbocycles. The van der Waals surface area contributed by atoms with E-state index in [2.05, 4.69) is 0 Å². The fraction of sp³-hybridized carbons (Fsp3) is 1.00. The van der Waals surface area contributed by atoms with Gasteiger partial charge in [0.2, 0.25) is 0 Å². The maximum atomic E-state index is 11.4. The minimum absolute atomic E-state index is 0.253. The third-order valence-corrected chi connectivity index (χ3v) is 4.30. The quantitative estimate of drug-likeness (QED) is 0.523. The zero-order chi connectivity index (χ0) is 8.74. The Bertz CT molecular complexity index is 117. The standard InChI is InChI=1S/C5H13O4PS/c1-3-8-10(7,9-4-2)11-5-6/h6H,3-5H2,1-2H3. The number of hydrogen-bond donors (Lipinski definition) is 1. The molecule has 0 aromatic heterocycles. The predicted octanol–water partition coefficient (Wildman–Crippen LogP) is 1.85. The Morgan fingerprint density at radius 3 is 2.09 bits per heavy atom. The predicted molar refractivity (Wildman–Crippen MR) is 45.5 cm³/mol. The van der Waals surface area contributed by atoms with Crippen molar-refractivity contribution in [1.29, 1.82) is 0 Å². The van der Waals surface area contributed by atoms with Crippen LogP contribution in [0.1, 0.15) is 13.8 Å². The molecule has 0 aliphatic rings. The lowest BCUT2D eigenvalue weighted by Crippen LogP contribution is -1.92. The number of rotatable bonds is 6. The molecule has 0 heterocycles. The molecule has 0 bridgehead atoms. The zero-order valence-electron chi connectivity index (χ0n) is 6.65. The highest BCUT2D eigenvalue weighted by Gasteiger charge is 2.23. The second-order valence-electron chi connectivity index (χ2n) is 1.54. The van der Waals surface area contributed by atoms with E-state index in [9.17, 15) is 4.57 Å². The van der Waals surface area contributed by atoms with Crippen molar-refractivity contribution in [2.24, 2.45) is 0 Å². The highest BCUT2D eigenvalue weighted by Crippen LogP contribution is 2.59. The molecule has 0 saturated carbocycles. The largest absolute Gasteiger partial charge is 0.391 e. The second-order valence-corrected chi connectivity index (χ2v) is 5.58. The highest BCUT2D eigenvalue weighted by atomic mass is 32.7. The van der Waals surface area contributed by atoms with Crippen molar-refractivity contribution in [3.63, 3.8) is 0 Å². The molecule has 0 unspecified atom stereocenters. The van der Waals surface area contributed by atoms with E-state index in [1.165, 1.54) is 0 Å². The molecule has 0 aromatic rings. The monoisotopic (exact) mass is 200 g/mol. The molecule has 0 spiro atoms. The minimum atomic E-state index is -3.05. The summed E-state index contributed by atoms with van der Waals surface area (Å²) in [6.45, 7) is 1.05. The fourth-order valence-corrected chi connectivity index (χ4v) is 3.00. The van der Waals surface area contributed by atoms with Crippen LogP contribution < -0.4 is 0 Å². The van der Waals surface area contributed by atoms with E-state index < -0.39 is 6.80 Å². The van der Waals surface area contributed by atoms with E-state index in [1.807, 2.05) is 0 Å². The third kappa shape index (κ3) is 4.82. The van der Waals surface area contributed by atoms with Gasteiger partial charge in [0.1, 0.15) is 0 Å². The fourth-order valence-electron chi connectivity index (χ4n) is 0.499. The lowest BCUT2D eigenvalue weighted by Gasteiger charge is -2.13. The average Bonchev–Trinajstić information content (AvgIpc) is 1.88. The minimum Gasteiger partial charge on any atom is -0.385 e. The van der Waals surface area contributed by atoms with Crippen LogP contribution in [0.15, 0.2) is 0 Å². The molecule has 0 fully saturated rings. The van der Waals surface area contributed by atoms with Gasteiger partial charge < -0.3 is 14.2 Å². The van der Waals surface area contributed by atoms with Crippen LogP contribution in [-0.2, 0) is 13.6 Å². The SMILES string of the molecule is CCOP(=O)(OCC)SCO. The van der Waals surface area contributed by atoms with Crippen LogP contribution in [-0.4, -0.2) is 24.3 Å². The van der Waals surface area contributed by atoms with Gasteiger partial charge in [-0.2, -0.15) is 0 Å². The van der Waals surface area contributed by atoms with Gasteiger partial charge in [-0.15, -0.1) is 0 Å². The molecule has 0 rings (SSSR count). The summed E-state index contributed by atoms with van der Waals surface area (Å²) in [5.74, 6) is -0.253. The Labute approximate surface area is 70.6 Å². The van der Waals surface area contributed by atoms with Crippen molar-refractivity contribution >= 4 is 18.2 Å². The number of aliphatic hydroxyl groups is 1. The summed E-state index contributed by atoms with van der Waals surface area (Å²) in [4.78, 5) is 0. The number of aliphatic hydroxyl groups excluding tert-OH is 1. The normalized spacial score (nSPS) is 11.9. The summed E-state index contributed by atoms with van der Waals surface area (Å²) in [5.41, 5.74) is 0. The van der Waals surface area contributed by atoms with Crippen LogP contribution in [0.3, 0.4) is 0 Å². The maximum absolute atomic E-state index is 11.4. The summed E-state index contributed by atoms with van der Waals surface area (Å²) < 4.78 is 21.1. The van der Waals surface area contributed by atoms with Gasteiger partial charge in [0.05, 0.1) is 19.2 Å². The molecule has 0 aromatic carbocycles. The molecule has 11 heavy (non-hydrogen) atoms. The second kappa shape index (κ2) is 6.03. The van der Waals surface area contributed by atoms with Crippen LogP contribution in [0.4, 0.5) is 0 Å². The summed E-state index contributed by atoms with van der Waals surface area (Å²) in [6, 6.07) is 0. The third-order valence-electron chi connectivity index (χ3n) is 0.790. The number of hydrogen-bond acceptors (Lipinski definition) is 5. The first-order valence-corrected chi connectivity index (χ1v) is 6.46. The Hall–Kier alpha value is 0.460. The maximum Gasteiger partial charge on any atom is 0.391 e. The summed E-state index contributed by atoms with van der Waals surface area (Å²) >= 11 is 0.795. The zero-order valence-corrected chi connectivity index (χ0v) is 8.36. The molecule has 4 nitrogen and oxygen atoms in total. The van der Waals surface area contributed by atoms with Gasteiger partial charge in [0, 0.05) is 0 Å². The molecule has 0 amide bonds. The van der Waals surface area contributed by atoms with Crippen LogP contribution in [0.2, 0.25) is 0 Å². The van der Waals surface area contributed by atoms with E-state index >= 15 is 0 Å². The van der Waals surface area contributed by atoms with Gasteiger partial charge >= 0.3 is 6.80 Å². The van der Waals surface area contributed by atoms with E-state index in [4.69, 9.17) is 14.2 Å². The molecule has 68 valence electrons. The smallest absolute Gasteiger partial charge is 0.385 e. The van der Waals surface area contributed by atoms with E-state index in [0.29, 0.717) is 13.2 Å². The van der Waals surface area contributed by atoms with Gasteiger partial charge in [0.15, 0.2) is 0 Å². The molecule has 0 radical (unpaired) electrons. The van der Waals surface area contributed by atoms with Crippen LogP contribution in [0.5, 0.6) is 0 Å². The molecule has 0 atom stereocenters. The Morgan fingerprint density at radius 2 is 1.82 bits per heavy atom. The van der Waals surface area contributed by atoms with Crippen molar-refractivity contribution in [1.82, 2.24) is 0 Å². The summed E-state index contributed by atoms with van der Waals surface area (Å²) in [7, 11) is 0. The van der Waals surface area contributed by atoms with Crippen molar-refractivity contribution in [3.8, 4) is 0 Å². The van der Waals surface area contributed by atoms with Crippen molar-refractivity contribution < 1.29 is 18.7 Å². The first kappa shape index (κ1) is 11.5. The Balaban J connectivity index is 3.91. The summed E-state index contributed by atoms with van der Waals surface area (Å²) in [5, 5.41) is 8.49. The Kier molecular flexibility index (Phi) is 6.28. The molecule has 6 heteroatoms. The average molecular weight is 200 g/mol. The molecule has 1 N–H and O–H groups in total. The van der Waals surface area contributed by atoms with Crippen molar-refractivity contribution in [3.05, 3.63) is 0 Å². The molecule has 0 aliphatic heterocycles. The van der Waals surface area contributed by atoms with Crippen molar-refractivity contribution in [2.75, 3.05) is 19.2 Å². The summed E-state index contributed by atoms with van der Waals surface area (Å²) in [6.07, 6.45) is 0. The van der Waals surface area contributed by atoms with E-state index in [1.54, 1.807) is 13.8 Å². The molecular weight excluding hydrogens is 187 g/mol. The van der Waals surface area contributed by atoms with Gasteiger partial charge in [-0.3, -0.25) is 0 Å². The van der Waals surface area contributed by atoms with Gasteiger partial charge in [-0.1, -0.05) is 0 Å². The van der Waals surface area contributed by atoms with E-state index in [0.717, 1.165) is 11.4 Å². The van der Waals surface area contributed by atoms with Crippen LogP contribution >= 0.6 is 18.2 Å². The Morgan fingerprint density at radius 1 is 1.36 bits per heavy atom. The lowest BCUT2D eigenvalue weighted by molar-refractivity contribution is 0.236. The van der Waals surface area contributed by atoms with Crippen LogP contribution in [0, 0.1) is 0 Å². The lowest BCUT2D eigenvalue weighted by atomic mass is 10.9. The van der Waals surface area contributed by atoms with Gasteiger partial charge in [-0.05, 0) is 25.2 Å². The van der Waals surface area contributed by atoms with Crippen molar-refractivity contribution in [2.45, 2.75) is 13.8 Å². The molecule has 0 saturated heterocycles. The topological polar surface area (TPSA) is 55.8 Å². The first-order chi connectivity index (χ1) is 5.18. The van der Waals surface area contributed by atoms with Gasteiger partial charge in [-0.25, -0.2) is 4.57 Å². The van der Waals surface area contributed by atoms with Gasteiger partial charge in [0.25, 0.3) is 0 Å². The highest BCUT2D eigenvalue weighted by molar-refractivity contribution is 8.55.